The molecule has 0 heterocycles. The molecule has 3 aromatic rings. The first-order chi connectivity index (χ1) is 12.2. The van der Waals surface area contributed by atoms with Crippen LogP contribution in [0.4, 0.5) is 0 Å². The molecule has 25 heavy (non-hydrogen) atoms. The van der Waals surface area contributed by atoms with Gasteiger partial charge in [0.1, 0.15) is 5.75 Å². The number of aromatic hydroxyl groups is 1. The number of phenols is 1. The van der Waals surface area contributed by atoms with Crippen LogP contribution in [-0.4, -0.2) is 19.3 Å². The molecule has 3 aromatic carbocycles. The van der Waals surface area contributed by atoms with Crippen LogP contribution in [0.15, 0.2) is 66.7 Å². The molecule has 1 N–H and O–H groups in total. The van der Waals surface area contributed by atoms with Gasteiger partial charge in [-0.3, -0.25) is 0 Å². The molecule has 0 aliphatic carbocycles. The summed E-state index contributed by atoms with van der Waals surface area (Å²) in [4.78, 5) is 0. The molecule has 5 nitrogen and oxygen atoms in total. The highest BCUT2D eigenvalue weighted by Gasteiger charge is 2.11. The van der Waals surface area contributed by atoms with Crippen molar-refractivity contribution in [2.45, 2.75) is 0 Å². The van der Waals surface area contributed by atoms with Crippen molar-refractivity contribution in [1.29, 1.82) is 0 Å². The van der Waals surface area contributed by atoms with Crippen LogP contribution in [0.5, 0.6) is 40.2 Å². The first-order valence-corrected chi connectivity index (χ1v) is 7.66. The lowest BCUT2D eigenvalue weighted by Gasteiger charge is -2.13. The van der Waals surface area contributed by atoms with Crippen molar-refractivity contribution in [2.24, 2.45) is 0 Å². The monoisotopic (exact) mass is 338 g/mol. The van der Waals surface area contributed by atoms with Crippen LogP contribution in [0.3, 0.4) is 0 Å². The van der Waals surface area contributed by atoms with Crippen molar-refractivity contribution in [3.8, 4) is 40.2 Å². The number of ether oxygens (including phenoxy) is 4. The lowest BCUT2D eigenvalue weighted by atomic mass is 10.2. The maximum Gasteiger partial charge on any atom is 0.172 e. The molecule has 0 radical (unpaired) electrons. The average molecular weight is 338 g/mol. The normalized spacial score (nSPS) is 10.2. The summed E-state index contributed by atoms with van der Waals surface area (Å²) in [5, 5.41) is 10.1. The topological polar surface area (TPSA) is 57.2 Å². The molecule has 0 saturated carbocycles. The summed E-state index contributed by atoms with van der Waals surface area (Å²) < 4.78 is 22.2. The highest BCUT2D eigenvalue weighted by Crippen LogP contribution is 2.39. The van der Waals surface area contributed by atoms with Gasteiger partial charge in [-0.25, -0.2) is 0 Å². The highest BCUT2D eigenvalue weighted by atomic mass is 16.5. The van der Waals surface area contributed by atoms with Gasteiger partial charge in [-0.1, -0.05) is 24.3 Å². The van der Waals surface area contributed by atoms with Gasteiger partial charge in [0, 0.05) is 6.07 Å². The summed E-state index contributed by atoms with van der Waals surface area (Å²) >= 11 is 0. The van der Waals surface area contributed by atoms with Crippen LogP contribution in [-0.2, 0) is 0 Å². The molecule has 0 aliphatic rings. The Morgan fingerprint density at radius 1 is 0.600 bits per heavy atom. The van der Waals surface area contributed by atoms with Gasteiger partial charge in [0.2, 0.25) is 0 Å². The number of para-hydroxylation sites is 4. The lowest BCUT2D eigenvalue weighted by Crippen LogP contribution is -1.92. The zero-order chi connectivity index (χ0) is 17.6. The molecule has 0 bridgehead atoms. The Balaban J connectivity index is 1.88. The van der Waals surface area contributed by atoms with Crippen LogP contribution in [0.1, 0.15) is 0 Å². The molecule has 128 valence electrons. The van der Waals surface area contributed by atoms with E-state index in [0.717, 1.165) is 0 Å². The van der Waals surface area contributed by atoms with E-state index < -0.39 is 0 Å². The van der Waals surface area contributed by atoms with Crippen LogP contribution < -0.4 is 18.9 Å². The van der Waals surface area contributed by atoms with Crippen LogP contribution in [0.25, 0.3) is 0 Å². The second-order valence-electron chi connectivity index (χ2n) is 5.14. The van der Waals surface area contributed by atoms with E-state index in [1.807, 2.05) is 30.3 Å². The number of methoxy groups -OCH3 is 2. The van der Waals surface area contributed by atoms with E-state index in [2.05, 4.69) is 0 Å². The fourth-order valence-corrected chi connectivity index (χ4v) is 2.29. The van der Waals surface area contributed by atoms with Gasteiger partial charge >= 0.3 is 0 Å². The van der Waals surface area contributed by atoms with E-state index in [0.29, 0.717) is 28.7 Å². The summed E-state index contributed by atoms with van der Waals surface area (Å²) in [6.45, 7) is 0. The number of hydrogen-bond acceptors (Lipinski definition) is 5. The van der Waals surface area contributed by atoms with Crippen LogP contribution >= 0.6 is 0 Å². The molecule has 0 saturated heterocycles. The first kappa shape index (κ1) is 16.5. The predicted molar refractivity (Wildman–Crippen MR) is 94.2 cm³/mol. The number of rotatable bonds is 6. The zero-order valence-corrected chi connectivity index (χ0v) is 13.9. The highest BCUT2D eigenvalue weighted by molar-refractivity contribution is 5.51. The Bertz CT molecular complexity index is 860. The Kier molecular flexibility index (Phi) is 4.95. The quantitative estimate of drug-likeness (QED) is 0.686. The molecule has 5 heteroatoms. The van der Waals surface area contributed by atoms with E-state index >= 15 is 0 Å². The average Bonchev–Trinajstić information content (AvgIpc) is 2.65. The molecular weight excluding hydrogens is 320 g/mol. The van der Waals surface area contributed by atoms with E-state index in [-0.39, 0.29) is 11.5 Å². The summed E-state index contributed by atoms with van der Waals surface area (Å²) in [6.07, 6.45) is 0. The third kappa shape index (κ3) is 3.77. The fourth-order valence-electron chi connectivity index (χ4n) is 2.29. The summed E-state index contributed by atoms with van der Waals surface area (Å²) in [6, 6.07) is 19.3. The molecule has 0 aliphatic heterocycles. The standard InChI is InChI=1S/C20H18O5/c1-22-16-7-3-5-9-18(16)24-14-11-12-15(21)20(13-14)25-19-10-6-4-8-17(19)23-2/h3-13,21H,1-2H3. The van der Waals surface area contributed by atoms with Crippen LogP contribution in [0.2, 0.25) is 0 Å². The molecule has 3 rings (SSSR count). The number of hydrogen-bond donors (Lipinski definition) is 1. The predicted octanol–water partition coefficient (Wildman–Crippen LogP) is 4.99. The van der Waals surface area contributed by atoms with Crippen molar-refractivity contribution in [3.63, 3.8) is 0 Å². The summed E-state index contributed by atoms with van der Waals surface area (Å²) in [5.41, 5.74) is 0. The van der Waals surface area contributed by atoms with Gasteiger partial charge < -0.3 is 24.1 Å². The summed E-state index contributed by atoms with van der Waals surface area (Å²) in [5.74, 6) is 3.01. The second-order valence-corrected chi connectivity index (χ2v) is 5.14. The molecule has 0 spiro atoms. The maximum absolute atomic E-state index is 10.1. The van der Waals surface area contributed by atoms with Crippen molar-refractivity contribution in [2.75, 3.05) is 14.2 Å². The molecule has 0 fully saturated rings. The van der Waals surface area contributed by atoms with E-state index in [9.17, 15) is 5.11 Å². The summed E-state index contributed by atoms with van der Waals surface area (Å²) in [7, 11) is 3.14. The molecule has 0 atom stereocenters. The minimum Gasteiger partial charge on any atom is -0.504 e. The Morgan fingerprint density at radius 3 is 1.68 bits per heavy atom. The Hall–Kier alpha value is -3.34. The molecule has 0 unspecified atom stereocenters. The van der Waals surface area contributed by atoms with Crippen molar-refractivity contribution in [3.05, 3.63) is 66.7 Å². The van der Waals surface area contributed by atoms with Gasteiger partial charge in [0.05, 0.1) is 14.2 Å². The van der Waals surface area contributed by atoms with E-state index in [4.69, 9.17) is 18.9 Å². The Labute approximate surface area is 146 Å². The lowest BCUT2D eigenvalue weighted by molar-refractivity contribution is 0.362. The Morgan fingerprint density at radius 2 is 1.12 bits per heavy atom. The third-order valence-electron chi connectivity index (χ3n) is 3.52. The van der Waals surface area contributed by atoms with Gasteiger partial charge in [-0.2, -0.15) is 0 Å². The SMILES string of the molecule is COc1ccccc1Oc1ccc(O)c(Oc2ccccc2OC)c1. The van der Waals surface area contributed by atoms with Crippen LogP contribution in [0, 0.1) is 0 Å². The largest absolute Gasteiger partial charge is 0.504 e. The molecular formula is C20H18O5. The van der Waals surface area contributed by atoms with Crippen molar-refractivity contribution < 1.29 is 24.1 Å². The molecule has 0 aromatic heterocycles. The van der Waals surface area contributed by atoms with E-state index in [1.54, 1.807) is 44.6 Å². The number of phenolic OH excluding ortho intramolecular Hbond substituents is 1. The van der Waals surface area contributed by atoms with Crippen molar-refractivity contribution >= 4 is 0 Å². The smallest absolute Gasteiger partial charge is 0.172 e. The van der Waals surface area contributed by atoms with Gasteiger partial charge in [-0.05, 0) is 36.4 Å². The van der Waals surface area contributed by atoms with Gasteiger partial charge in [-0.15, -0.1) is 0 Å². The van der Waals surface area contributed by atoms with Gasteiger partial charge in [0.25, 0.3) is 0 Å². The van der Waals surface area contributed by atoms with Crippen molar-refractivity contribution in [1.82, 2.24) is 0 Å². The minimum absolute atomic E-state index is 0.00159. The fraction of sp³-hybridized carbons (Fsp3) is 0.100. The minimum atomic E-state index is -0.00159. The number of benzene rings is 3. The maximum atomic E-state index is 10.1. The first-order valence-electron chi connectivity index (χ1n) is 7.66. The second kappa shape index (κ2) is 7.49. The zero-order valence-electron chi connectivity index (χ0n) is 13.9. The third-order valence-corrected chi connectivity index (χ3v) is 3.52. The molecule has 0 amide bonds. The van der Waals surface area contributed by atoms with Gasteiger partial charge in [0.15, 0.2) is 34.5 Å². The van der Waals surface area contributed by atoms with E-state index in [1.165, 1.54) is 6.07 Å².